The first-order valence-electron chi connectivity index (χ1n) is 6.65. The molecule has 4 nitrogen and oxygen atoms in total. The van der Waals surface area contributed by atoms with Gasteiger partial charge in [-0.2, -0.15) is 0 Å². The van der Waals surface area contributed by atoms with E-state index in [2.05, 4.69) is 0 Å². The fraction of sp³-hybridized carbons (Fsp3) is 0.533. The summed E-state index contributed by atoms with van der Waals surface area (Å²) in [6, 6.07) is 5.57. The van der Waals surface area contributed by atoms with Crippen molar-refractivity contribution in [3.63, 3.8) is 0 Å². The summed E-state index contributed by atoms with van der Waals surface area (Å²) < 4.78 is 5.27. The maximum absolute atomic E-state index is 12.3. The Kier molecular flexibility index (Phi) is 5.83. The predicted octanol–water partition coefficient (Wildman–Crippen LogP) is 1.92. The Balaban J connectivity index is 2.87. The zero-order valence-corrected chi connectivity index (χ0v) is 12.3. The van der Waals surface area contributed by atoms with Crippen LogP contribution in [0.1, 0.15) is 29.8 Å². The van der Waals surface area contributed by atoms with E-state index >= 15 is 0 Å². The molecule has 0 bridgehead atoms. The molecule has 1 amide bonds. The molecule has 4 heteroatoms. The number of hydrogen-bond donors (Lipinski definition) is 1. The molecule has 106 valence electrons. The maximum atomic E-state index is 12.3. The van der Waals surface area contributed by atoms with Crippen LogP contribution in [0, 0.1) is 5.92 Å². The van der Waals surface area contributed by atoms with Gasteiger partial charge in [-0.1, -0.05) is 13.8 Å². The molecule has 0 aliphatic heterocycles. The molecule has 0 aliphatic carbocycles. The molecule has 0 aromatic heterocycles. The molecule has 0 aliphatic rings. The van der Waals surface area contributed by atoms with Crippen molar-refractivity contribution in [2.24, 2.45) is 11.7 Å². The van der Waals surface area contributed by atoms with Crippen LogP contribution in [0.3, 0.4) is 0 Å². The summed E-state index contributed by atoms with van der Waals surface area (Å²) in [5.41, 5.74) is 7.34. The van der Waals surface area contributed by atoms with E-state index in [0.717, 1.165) is 17.7 Å². The first kappa shape index (κ1) is 15.5. The van der Waals surface area contributed by atoms with Crippen LogP contribution in [0.25, 0.3) is 0 Å². The number of methoxy groups -OCH3 is 1. The Bertz CT molecular complexity index is 432. The fourth-order valence-corrected chi connectivity index (χ4v) is 2.03. The van der Waals surface area contributed by atoms with E-state index in [1.165, 1.54) is 0 Å². The van der Waals surface area contributed by atoms with Crippen molar-refractivity contribution in [3.05, 3.63) is 29.3 Å². The predicted molar refractivity (Wildman–Crippen MR) is 77.6 cm³/mol. The summed E-state index contributed by atoms with van der Waals surface area (Å²) in [7, 11) is 3.45. The molecule has 0 spiro atoms. The molecular weight excluding hydrogens is 240 g/mol. The van der Waals surface area contributed by atoms with Crippen LogP contribution in [0.15, 0.2) is 18.2 Å². The highest BCUT2D eigenvalue weighted by Gasteiger charge is 2.15. The Hall–Kier alpha value is -1.55. The summed E-state index contributed by atoms with van der Waals surface area (Å²) in [5.74, 6) is 1.16. The van der Waals surface area contributed by atoms with Crippen molar-refractivity contribution in [3.8, 4) is 5.75 Å². The SMILES string of the molecule is CCc1cc(C(=O)N(C)CC(C)CN)ccc1OC. The third-order valence-corrected chi connectivity index (χ3v) is 3.24. The molecule has 0 radical (unpaired) electrons. The first-order chi connectivity index (χ1) is 9.03. The summed E-state index contributed by atoms with van der Waals surface area (Å²) in [4.78, 5) is 14.0. The molecule has 1 unspecified atom stereocenters. The number of hydrogen-bond acceptors (Lipinski definition) is 3. The lowest BCUT2D eigenvalue weighted by Gasteiger charge is -2.21. The Morgan fingerprint density at radius 1 is 1.47 bits per heavy atom. The Morgan fingerprint density at radius 3 is 2.68 bits per heavy atom. The van der Waals surface area contributed by atoms with Crippen molar-refractivity contribution in [1.29, 1.82) is 0 Å². The first-order valence-corrected chi connectivity index (χ1v) is 6.65. The summed E-state index contributed by atoms with van der Waals surface area (Å²) >= 11 is 0. The van der Waals surface area contributed by atoms with Crippen LogP contribution in [0.2, 0.25) is 0 Å². The van der Waals surface area contributed by atoms with Gasteiger partial charge in [0.05, 0.1) is 7.11 Å². The molecule has 2 N–H and O–H groups in total. The summed E-state index contributed by atoms with van der Waals surface area (Å²) in [6.45, 7) is 5.34. The van der Waals surface area contributed by atoms with E-state index in [-0.39, 0.29) is 5.91 Å². The number of aryl methyl sites for hydroxylation is 1. The van der Waals surface area contributed by atoms with Crippen LogP contribution in [-0.2, 0) is 6.42 Å². The second-order valence-electron chi connectivity index (χ2n) is 4.91. The van der Waals surface area contributed by atoms with Gasteiger partial charge in [0.15, 0.2) is 0 Å². The van der Waals surface area contributed by atoms with Gasteiger partial charge in [-0.3, -0.25) is 4.79 Å². The molecule has 0 saturated heterocycles. The monoisotopic (exact) mass is 264 g/mol. The molecular formula is C15H24N2O2. The second kappa shape index (κ2) is 7.14. The summed E-state index contributed by atoms with van der Waals surface area (Å²) in [5, 5.41) is 0. The van der Waals surface area contributed by atoms with Gasteiger partial charge in [0.25, 0.3) is 5.91 Å². The topological polar surface area (TPSA) is 55.6 Å². The zero-order valence-electron chi connectivity index (χ0n) is 12.3. The molecule has 1 rings (SSSR count). The van der Waals surface area contributed by atoms with Crippen molar-refractivity contribution < 1.29 is 9.53 Å². The van der Waals surface area contributed by atoms with Crippen LogP contribution in [0.5, 0.6) is 5.75 Å². The summed E-state index contributed by atoms with van der Waals surface area (Å²) in [6.07, 6.45) is 0.840. The maximum Gasteiger partial charge on any atom is 0.253 e. The molecule has 0 fully saturated rings. The average Bonchev–Trinajstić information content (AvgIpc) is 2.45. The Labute approximate surface area is 115 Å². The quantitative estimate of drug-likeness (QED) is 0.854. The third kappa shape index (κ3) is 3.96. The average molecular weight is 264 g/mol. The minimum absolute atomic E-state index is 0.0256. The van der Waals surface area contributed by atoms with Gasteiger partial charge < -0.3 is 15.4 Å². The number of amides is 1. The molecule has 19 heavy (non-hydrogen) atoms. The number of benzene rings is 1. The number of carbonyl (C=O) groups excluding carboxylic acids is 1. The van der Waals surface area contributed by atoms with Gasteiger partial charge in [-0.05, 0) is 42.6 Å². The number of carbonyl (C=O) groups is 1. The molecule has 0 saturated carbocycles. The van der Waals surface area contributed by atoms with E-state index in [9.17, 15) is 4.79 Å². The van der Waals surface area contributed by atoms with Crippen molar-refractivity contribution in [2.75, 3.05) is 27.2 Å². The highest BCUT2D eigenvalue weighted by atomic mass is 16.5. The zero-order chi connectivity index (χ0) is 14.4. The minimum atomic E-state index is 0.0256. The second-order valence-corrected chi connectivity index (χ2v) is 4.91. The third-order valence-electron chi connectivity index (χ3n) is 3.24. The standard InChI is InChI=1S/C15H24N2O2/c1-5-12-8-13(6-7-14(12)19-4)15(18)17(3)10-11(2)9-16/h6-8,11H,5,9-10,16H2,1-4H3. The van der Waals surface area contributed by atoms with E-state index in [1.807, 2.05) is 39.1 Å². The van der Waals surface area contributed by atoms with Gasteiger partial charge in [0.2, 0.25) is 0 Å². The lowest BCUT2D eigenvalue weighted by atomic mass is 10.1. The van der Waals surface area contributed by atoms with E-state index < -0.39 is 0 Å². The normalized spacial score (nSPS) is 12.1. The number of ether oxygens (including phenoxy) is 1. The van der Waals surface area contributed by atoms with Crippen LogP contribution >= 0.6 is 0 Å². The van der Waals surface area contributed by atoms with E-state index in [4.69, 9.17) is 10.5 Å². The fourth-order valence-electron chi connectivity index (χ4n) is 2.03. The number of rotatable bonds is 6. The van der Waals surface area contributed by atoms with E-state index in [1.54, 1.807) is 12.0 Å². The van der Waals surface area contributed by atoms with Gasteiger partial charge in [0.1, 0.15) is 5.75 Å². The molecule has 1 aromatic carbocycles. The number of nitrogens with two attached hydrogens (primary N) is 1. The molecule has 1 atom stereocenters. The van der Waals surface area contributed by atoms with Crippen LogP contribution < -0.4 is 10.5 Å². The van der Waals surface area contributed by atoms with Gasteiger partial charge in [0, 0.05) is 19.2 Å². The highest BCUT2D eigenvalue weighted by Crippen LogP contribution is 2.21. The minimum Gasteiger partial charge on any atom is -0.496 e. The van der Waals surface area contributed by atoms with Gasteiger partial charge in [-0.25, -0.2) is 0 Å². The smallest absolute Gasteiger partial charge is 0.253 e. The molecule has 0 heterocycles. The largest absolute Gasteiger partial charge is 0.496 e. The lowest BCUT2D eigenvalue weighted by Crippen LogP contribution is -2.33. The highest BCUT2D eigenvalue weighted by molar-refractivity contribution is 5.94. The van der Waals surface area contributed by atoms with Crippen LogP contribution in [0.4, 0.5) is 0 Å². The van der Waals surface area contributed by atoms with E-state index in [0.29, 0.717) is 24.6 Å². The van der Waals surface area contributed by atoms with Crippen molar-refractivity contribution in [2.45, 2.75) is 20.3 Å². The molecule has 1 aromatic rings. The lowest BCUT2D eigenvalue weighted by molar-refractivity contribution is 0.0777. The number of nitrogens with zero attached hydrogens (tertiary/aromatic N) is 1. The van der Waals surface area contributed by atoms with Gasteiger partial charge in [-0.15, -0.1) is 0 Å². The Morgan fingerprint density at radius 2 is 2.16 bits per heavy atom. The van der Waals surface area contributed by atoms with Crippen molar-refractivity contribution >= 4 is 5.91 Å². The van der Waals surface area contributed by atoms with Crippen LogP contribution in [-0.4, -0.2) is 38.1 Å². The van der Waals surface area contributed by atoms with Crippen molar-refractivity contribution in [1.82, 2.24) is 4.90 Å². The van der Waals surface area contributed by atoms with Gasteiger partial charge >= 0.3 is 0 Å².